The van der Waals surface area contributed by atoms with Gasteiger partial charge in [-0.3, -0.25) is 4.99 Å². The van der Waals surface area contributed by atoms with Crippen LogP contribution in [-0.2, 0) is 15.9 Å². The predicted molar refractivity (Wildman–Crippen MR) is 125 cm³/mol. The number of ether oxygens (including phenoxy) is 2. The van der Waals surface area contributed by atoms with Gasteiger partial charge < -0.3 is 20.1 Å². The number of guanidine groups is 1. The van der Waals surface area contributed by atoms with Crippen LogP contribution in [0.4, 0.5) is 0 Å². The Bertz CT molecular complexity index is 785. The summed E-state index contributed by atoms with van der Waals surface area (Å²) in [4.78, 5) is 4.31. The molecule has 0 spiro atoms. The first-order chi connectivity index (χ1) is 15.3. The molecule has 1 aliphatic heterocycles. The van der Waals surface area contributed by atoms with Crippen LogP contribution in [0.3, 0.4) is 0 Å². The van der Waals surface area contributed by atoms with E-state index in [4.69, 9.17) is 9.47 Å². The zero-order valence-corrected chi connectivity index (χ0v) is 19.0. The molecule has 31 heavy (non-hydrogen) atoms. The normalized spacial score (nSPS) is 15.2. The molecule has 0 atom stereocenters. The maximum Gasteiger partial charge on any atom is 0.190 e. The third kappa shape index (κ3) is 7.99. The fourth-order valence-electron chi connectivity index (χ4n) is 3.70. The van der Waals surface area contributed by atoms with Gasteiger partial charge in [-0.05, 0) is 62.6 Å². The summed E-state index contributed by atoms with van der Waals surface area (Å²) in [5.41, 5.74) is 3.47. The number of nitrogens with one attached hydrogen (secondary N) is 2. The van der Waals surface area contributed by atoms with Gasteiger partial charge in [-0.25, -0.2) is 4.68 Å². The van der Waals surface area contributed by atoms with Gasteiger partial charge in [0.1, 0.15) is 0 Å². The summed E-state index contributed by atoms with van der Waals surface area (Å²) in [6.07, 6.45) is 7.38. The monoisotopic (exact) mass is 427 g/mol. The van der Waals surface area contributed by atoms with E-state index in [2.05, 4.69) is 46.0 Å². The number of para-hydroxylation sites is 1. The first kappa shape index (κ1) is 23.3. The number of rotatable bonds is 11. The second-order valence-corrected chi connectivity index (χ2v) is 8.03. The van der Waals surface area contributed by atoms with Crippen LogP contribution >= 0.6 is 0 Å². The summed E-state index contributed by atoms with van der Waals surface area (Å²) in [6, 6.07) is 10.2. The summed E-state index contributed by atoms with van der Waals surface area (Å²) < 4.78 is 13.2. The maximum atomic E-state index is 5.82. The lowest BCUT2D eigenvalue weighted by molar-refractivity contribution is 0.0203. The Morgan fingerprint density at radius 3 is 2.65 bits per heavy atom. The molecule has 1 aromatic heterocycles. The van der Waals surface area contributed by atoms with Crippen molar-refractivity contribution >= 4 is 5.96 Å². The van der Waals surface area contributed by atoms with Crippen molar-refractivity contribution in [1.29, 1.82) is 0 Å². The Labute approximate surface area is 186 Å². The molecule has 1 aromatic carbocycles. The second-order valence-electron chi connectivity index (χ2n) is 8.03. The lowest BCUT2D eigenvalue weighted by atomic mass is 10.0. The van der Waals surface area contributed by atoms with Gasteiger partial charge in [0.15, 0.2) is 5.96 Å². The highest BCUT2D eigenvalue weighted by Crippen LogP contribution is 2.15. The standard InChI is InChI=1S/C24H37N5O2/c1-20-22(18-29(28-20)23-9-4-3-5-10-23)8-6-13-26-24(25-2)27-14-7-15-31-19-21-11-16-30-17-12-21/h3-5,9-10,18,21H,6-8,11-17,19H2,1-2H3,(H2,25,26,27). The Hall–Kier alpha value is -2.38. The maximum absolute atomic E-state index is 5.82. The van der Waals surface area contributed by atoms with Crippen LogP contribution in [0.1, 0.15) is 36.9 Å². The van der Waals surface area contributed by atoms with Crippen molar-refractivity contribution in [3.63, 3.8) is 0 Å². The summed E-state index contributed by atoms with van der Waals surface area (Å²) in [7, 11) is 1.81. The van der Waals surface area contributed by atoms with Crippen LogP contribution in [0, 0.1) is 12.8 Å². The third-order valence-corrected chi connectivity index (χ3v) is 5.61. The van der Waals surface area contributed by atoms with Crippen LogP contribution in [0.25, 0.3) is 5.69 Å². The average molecular weight is 428 g/mol. The van der Waals surface area contributed by atoms with E-state index >= 15 is 0 Å². The SMILES string of the molecule is CN=C(NCCCOCC1CCOCC1)NCCCc1cn(-c2ccccc2)nc1C. The van der Waals surface area contributed by atoms with Gasteiger partial charge in [-0.15, -0.1) is 0 Å². The number of aromatic nitrogens is 2. The topological polar surface area (TPSA) is 72.7 Å². The number of aryl methyl sites for hydroxylation is 2. The van der Waals surface area contributed by atoms with E-state index in [1.165, 1.54) is 5.56 Å². The third-order valence-electron chi connectivity index (χ3n) is 5.61. The first-order valence-corrected chi connectivity index (χ1v) is 11.5. The average Bonchev–Trinajstić information content (AvgIpc) is 3.19. The molecule has 170 valence electrons. The van der Waals surface area contributed by atoms with E-state index < -0.39 is 0 Å². The Morgan fingerprint density at radius 1 is 1.16 bits per heavy atom. The molecule has 2 aromatic rings. The van der Waals surface area contributed by atoms with Gasteiger partial charge in [0.25, 0.3) is 0 Å². The number of hydrogen-bond acceptors (Lipinski definition) is 4. The van der Waals surface area contributed by atoms with Crippen LogP contribution < -0.4 is 10.6 Å². The van der Waals surface area contributed by atoms with Crippen molar-refractivity contribution in [2.45, 2.75) is 39.0 Å². The first-order valence-electron chi connectivity index (χ1n) is 11.5. The summed E-state index contributed by atoms with van der Waals surface area (Å²) in [5.74, 6) is 1.51. The van der Waals surface area contributed by atoms with E-state index in [-0.39, 0.29) is 0 Å². The molecular formula is C24H37N5O2. The quantitative estimate of drug-likeness (QED) is 0.328. The van der Waals surface area contributed by atoms with Gasteiger partial charge in [-0.1, -0.05) is 18.2 Å². The van der Waals surface area contributed by atoms with Gasteiger partial charge >= 0.3 is 0 Å². The minimum atomic E-state index is 0.666. The Morgan fingerprint density at radius 2 is 1.90 bits per heavy atom. The van der Waals surface area contributed by atoms with Gasteiger partial charge in [0, 0.05) is 52.8 Å². The number of benzene rings is 1. The molecule has 2 heterocycles. The highest BCUT2D eigenvalue weighted by Gasteiger charge is 2.13. The van der Waals surface area contributed by atoms with E-state index in [1.807, 2.05) is 29.9 Å². The number of hydrogen-bond donors (Lipinski definition) is 2. The number of aliphatic imine (C=N–C) groups is 1. The van der Waals surface area contributed by atoms with Crippen LogP contribution in [0.15, 0.2) is 41.5 Å². The van der Waals surface area contributed by atoms with Gasteiger partial charge in [0.05, 0.1) is 11.4 Å². The zero-order chi connectivity index (χ0) is 21.7. The Kier molecular flexibility index (Phi) is 9.86. The molecule has 3 rings (SSSR count). The summed E-state index contributed by atoms with van der Waals surface area (Å²) in [6.45, 7) is 7.21. The molecule has 1 saturated heterocycles. The lowest BCUT2D eigenvalue weighted by Gasteiger charge is -2.21. The minimum absolute atomic E-state index is 0.666. The molecule has 0 amide bonds. The predicted octanol–water partition coefficient (Wildman–Crippen LogP) is 3.11. The van der Waals surface area contributed by atoms with Crippen molar-refractivity contribution < 1.29 is 9.47 Å². The molecule has 1 fully saturated rings. The zero-order valence-electron chi connectivity index (χ0n) is 19.0. The molecule has 0 saturated carbocycles. The molecule has 0 radical (unpaired) electrons. The number of nitrogens with zero attached hydrogens (tertiary/aromatic N) is 3. The van der Waals surface area contributed by atoms with E-state index in [0.717, 1.165) is 89.0 Å². The highest BCUT2D eigenvalue weighted by molar-refractivity contribution is 5.79. The van der Waals surface area contributed by atoms with Gasteiger partial charge in [0.2, 0.25) is 0 Å². The fraction of sp³-hybridized carbons (Fsp3) is 0.583. The largest absolute Gasteiger partial charge is 0.381 e. The van der Waals surface area contributed by atoms with E-state index in [9.17, 15) is 0 Å². The van der Waals surface area contributed by atoms with E-state index in [0.29, 0.717) is 5.92 Å². The summed E-state index contributed by atoms with van der Waals surface area (Å²) >= 11 is 0. The molecule has 0 unspecified atom stereocenters. The van der Waals surface area contributed by atoms with Crippen molar-refractivity contribution in [3.05, 3.63) is 47.8 Å². The highest BCUT2D eigenvalue weighted by atomic mass is 16.5. The van der Waals surface area contributed by atoms with Crippen LogP contribution in [-0.4, -0.2) is 62.3 Å². The van der Waals surface area contributed by atoms with Crippen LogP contribution in [0.2, 0.25) is 0 Å². The molecule has 7 nitrogen and oxygen atoms in total. The smallest absolute Gasteiger partial charge is 0.190 e. The molecule has 2 N–H and O–H groups in total. The molecule has 0 bridgehead atoms. The van der Waals surface area contributed by atoms with Crippen molar-refractivity contribution in [2.24, 2.45) is 10.9 Å². The molecule has 1 aliphatic rings. The minimum Gasteiger partial charge on any atom is -0.381 e. The molecule has 0 aliphatic carbocycles. The van der Waals surface area contributed by atoms with Gasteiger partial charge in [-0.2, -0.15) is 5.10 Å². The van der Waals surface area contributed by atoms with E-state index in [1.54, 1.807) is 0 Å². The summed E-state index contributed by atoms with van der Waals surface area (Å²) in [5, 5.41) is 11.4. The van der Waals surface area contributed by atoms with Crippen LogP contribution in [0.5, 0.6) is 0 Å². The van der Waals surface area contributed by atoms with Crippen molar-refractivity contribution in [1.82, 2.24) is 20.4 Å². The fourth-order valence-corrected chi connectivity index (χ4v) is 3.70. The second kappa shape index (κ2) is 13.1. The lowest BCUT2D eigenvalue weighted by Crippen LogP contribution is -2.38. The molecule has 7 heteroatoms. The van der Waals surface area contributed by atoms with Crippen molar-refractivity contribution in [3.8, 4) is 5.69 Å². The Balaban J connectivity index is 1.27. The molecular weight excluding hydrogens is 390 g/mol. The van der Waals surface area contributed by atoms with Crippen molar-refractivity contribution in [2.75, 3.05) is 46.6 Å².